The summed E-state index contributed by atoms with van der Waals surface area (Å²) in [5.41, 5.74) is 0.739. The van der Waals surface area contributed by atoms with Crippen LogP contribution in [-0.2, 0) is 4.74 Å². The summed E-state index contributed by atoms with van der Waals surface area (Å²) in [5, 5.41) is 11.6. The minimum Gasteiger partial charge on any atom is -0.487 e. The molecule has 0 atom stereocenters. The molecule has 25 heavy (non-hydrogen) atoms. The van der Waals surface area contributed by atoms with Crippen LogP contribution >= 0.6 is 0 Å². The standard InChI is InChI=1S/C19H28N2O4/c1-2-24-18-10-6-9-17(19(18)21(22)23)20-13-11-16(12-14-20)25-15-7-4-3-5-8-15/h6,9-10,15-16H,2-5,7-8,11-14H2,1H3. The summed E-state index contributed by atoms with van der Waals surface area (Å²) in [6.45, 7) is 3.83. The average Bonchev–Trinajstić information content (AvgIpc) is 2.63. The van der Waals surface area contributed by atoms with Gasteiger partial charge in [-0.1, -0.05) is 25.3 Å². The third-order valence-electron chi connectivity index (χ3n) is 5.18. The predicted molar refractivity (Wildman–Crippen MR) is 97.5 cm³/mol. The highest BCUT2D eigenvalue weighted by Gasteiger charge is 2.29. The van der Waals surface area contributed by atoms with Crippen molar-refractivity contribution in [2.45, 2.75) is 64.1 Å². The van der Waals surface area contributed by atoms with Crippen molar-refractivity contribution < 1.29 is 14.4 Å². The van der Waals surface area contributed by atoms with Gasteiger partial charge in [-0.25, -0.2) is 0 Å². The number of nitrogens with zero attached hydrogens (tertiary/aromatic N) is 2. The Hall–Kier alpha value is -1.82. The van der Waals surface area contributed by atoms with Gasteiger partial charge in [0.1, 0.15) is 5.69 Å². The first-order valence-corrected chi connectivity index (χ1v) is 9.49. The fourth-order valence-electron chi connectivity index (χ4n) is 3.93. The molecule has 1 saturated heterocycles. The Balaban J connectivity index is 1.64. The Labute approximate surface area is 149 Å². The Morgan fingerprint density at radius 1 is 1.12 bits per heavy atom. The molecule has 1 aromatic rings. The second-order valence-corrected chi connectivity index (χ2v) is 6.90. The smallest absolute Gasteiger partial charge is 0.333 e. The topological polar surface area (TPSA) is 64.8 Å². The average molecular weight is 348 g/mol. The number of hydrogen-bond acceptors (Lipinski definition) is 5. The molecule has 3 rings (SSSR count). The number of piperidine rings is 1. The Kier molecular flexibility index (Phi) is 6.13. The van der Waals surface area contributed by atoms with Gasteiger partial charge in [-0.15, -0.1) is 0 Å². The maximum absolute atomic E-state index is 11.6. The summed E-state index contributed by atoms with van der Waals surface area (Å²) >= 11 is 0. The molecule has 1 aromatic carbocycles. The molecule has 0 spiro atoms. The van der Waals surface area contributed by atoms with Crippen LogP contribution < -0.4 is 9.64 Å². The van der Waals surface area contributed by atoms with E-state index in [1.807, 2.05) is 19.1 Å². The van der Waals surface area contributed by atoms with Crippen molar-refractivity contribution in [2.75, 3.05) is 24.6 Å². The molecule has 1 aliphatic carbocycles. The predicted octanol–water partition coefficient (Wildman–Crippen LogP) is 4.31. The zero-order valence-corrected chi connectivity index (χ0v) is 15.0. The molecule has 1 saturated carbocycles. The Morgan fingerprint density at radius 3 is 2.44 bits per heavy atom. The van der Waals surface area contributed by atoms with Gasteiger partial charge in [0.2, 0.25) is 0 Å². The van der Waals surface area contributed by atoms with Crippen LogP contribution in [0, 0.1) is 10.1 Å². The van der Waals surface area contributed by atoms with Gasteiger partial charge in [0.05, 0.1) is 23.7 Å². The van der Waals surface area contributed by atoms with Crippen LogP contribution in [0.4, 0.5) is 11.4 Å². The maximum atomic E-state index is 11.6. The lowest BCUT2D eigenvalue weighted by Gasteiger charge is -2.35. The van der Waals surface area contributed by atoms with Gasteiger partial charge in [-0.2, -0.15) is 0 Å². The van der Waals surface area contributed by atoms with Crippen LogP contribution in [0.5, 0.6) is 5.75 Å². The molecule has 1 aliphatic heterocycles. The van der Waals surface area contributed by atoms with Gasteiger partial charge < -0.3 is 14.4 Å². The molecule has 0 amide bonds. The van der Waals surface area contributed by atoms with Crippen LogP contribution in [0.3, 0.4) is 0 Å². The molecule has 138 valence electrons. The molecule has 2 fully saturated rings. The van der Waals surface area contributed by atoms with E-state index in [4.69, 9.17) is 9.47 Å². The van der Waals surface area contributed by atoms with E-state index in [1.54, 1.807) is 6.07 Å². The first-order valence-electron chi connectivity index (χ1n) is 9.49. The molecule has 0 unspecified atom stereocenters. The zero-order valence-electron chi connectivity index (χ0n) is 15.0. The molecule has 6 heteroatoms. The number of nitro groups is 1. The fraction of sp³-hybridized carbons (Fsp3) is 0.684. The van der Waals surface area contributed by atoms with Crippen LogP contribution in [0.15, 0.2) is 18.2 Å². The van der Waals surface area contributed by atoms with Gasteiger partial charge in [-0.05, 0) is 44.7 Å². The highest BCUT2D eigenvalue weighted by Crippen LogP contribution is 2.38. The van der Waals surface area contributed by atoms with E-state index in [-0.39, 0.29) is 16.7 Å². The third-order valence-corrected chi connectivity index (χ3v) is 5.18. The zero-order chi connectivity index (χ0) is 17.6. The Bertz CT molecular complexity index is 579. The number of para-hydroxylation sites is 1. The number of ether oxygens (including phenoxy) is 2. The van der Waals surface area contributed by atoms with Crippen LogP contribution in [0.25, 0.3) is 0 Å². The molecule has 0 bridgehead atoms. The first-order chi connectivity index (χ1) is 12.2. The minimum atomic E-state index is -0.328. The van der Waals surface area contributed by atoms with E-state index >= 15 is 0 Å². The number of hydrogen-bond donors (Lipinski definition) is 0. The van der Waals surface area contributed by atoms with Gasteiger partial charge in [0, 0.05) is 13.1 Å². The summed E-state index contributed by atoms with van der Waals surface area (Å²) in [7, 11) is 0. The van der Waals surface area contributed by atoms with Gasteiger partial charge in [-0.3, -0.25) is 10.1 Å². The monoisotopic (exact) mass is 348 g/mol. The number of benzene rings is 1. The summed E-state index contributed by atoms with van der Waals surface area (Å²) < 4.78 is 11.7. The minimum absolute atomic E-state index is 0.0796. The maximum Gasteiger partial charge on any atom is 0.333 e. The molecular weight excluding hydrogens is 320 g/mol. The van der Waals surface area contributed by atoms with Crippen molar-refractivity contribution in [1.29, 1.82) is 0 Å². The summed E-state index contributed by atoms with van der Waals surface area (Å²) in [6, 6.07) is 5.32. The van der Waals surface area contributed by atoms with E-state index < -0.39 is 0 Å². The molecule has 1 heterocycles. The van der Waals surface area contributed by atoms with E-state index in [0.29, 0.717) is 24.1 Å². The van der Waals surface area contributed by atoms with Crippen LogP contribution in [0.2, 0.25) is 0 Å². The largest absolute Gasteiger partial charge is 0.487 e. The second kappa shape index (κ2) is 8.52. The summed E-state index contributed by atoms with van der Waals surface area (Å²) in [6.07, 6.45) is 8.80. The molecular formula is C19H28N2O4. The van der Waals surface area contributed by atoms with Gasteiger partial charge in [0.15, 0.2) is 5.75 Å². The van der Waals surface area contributed by atoms with E-state index in [0.717, 1.165) is 25.9 Å². The third kappa shape index (κ3) is 4.42. The number of nitro benzene ring substituents is 1. The number of rotatable bonds is 6. The quantitative estimate of drug-likeness (QED) is 0.566. The number of anilines is 1. The SMILES string of the molecule is CCOc1cccc(N2CCC(OC3CCCCC3)CC2)c1[N+](=O)[O-]. The van der Waals surface area contributed by atoms with Crippen molar-refractivity contribution in [3.63, 3.8) is 0 Å². The van der Waals surface area contributed by atoms with Crippen LogP contribution in [0.1, 0.15) is 51.9 Å². The molecule has 2 aliphatic rings. The van der Waals surface area contributed by atoms with E-state index in [2.05, 4.69) is 4.90 Å². The van der Waals surface area contributed by atoms with E-state index in [9.17, 15) is 10.1 Å². The van der Waals surface area contributed by atoms with Gasteiger partial charge in [0.25, 0.3) is 0 Å². The van der Waals surface area contributed by atoms with Crippen LogP contribution in [-0.4, -0.2) is 36.8 Å². The lowest BCUT2D eigenvalue weighted by Crippen LogP contribution is -2.39. The molecule has 0 aromatic heterocycles. The molecule has 0 N–H and O–H groups in total. The second-order valence-electron chi connectivity index (χ2n) is 6.90. The summed E-state index contributed by atoms with van der Waals surface area (Å²) in [4.78, 5) is 13.3. The lowest BCUT2D eigenvalue weighted by molar-refractivity contribution is -0.385. The normalized spacial score (nSPS) is 19.8. The van der Waals surface area contributed by atoms with Crippen molar-refractivity contribution in [3.05, 3.63) is 28.3 Å². The first kappa shape index (κ1) is 18.0. The lowest BCUT2D eigenvalue weighted by atomic mass is 9.97. The van der Waals surface area contributed by atoms with Crippen molar-refractivity contribution in [3.8, 4) is 5.75 Å². The fourth-order valence-corrected chi connectivity index (χ4v) is 3.93. The van der Waals surface area contributed by atoms with Crippen molar-refractivity contribution in [1.82, 2.24) is 0 Å². The highest BCUT2D eigenvalue weighted by molar-refractivity contribution is 5.70. The van der Waals surface area contributed by atoms with Crippen molar-refractivity contribution >= 4 is 11.4 Å². The summed E-state index contributed by atoms with van der Waals surface area (Å²) in [5.74, 6) is 0.352. The van der Waals surface area contributed by atoms with Gasteiger partial charge >= 0.3 is 5.69 Å². The molecule has 0 radical (unpaired) electrons. The Morgan fingerprint density at radius 2 is 1.80 bits per heavy atom. The molecule has 6 nitrogen and oxygen atoms in total. The van der Waals surface area contributed by atoms with E-state index in [1.165, 1.54) is 32.1 Å². The highest BCUT2D eigenvalue weighted by atomic mass is 16.6. The van der Waals surface area contributed by atoms with Crippen molar-refractivity contribution in [2.24, 2.45) is 0 Å².